The van der Waals surface area contributed by atoms with Crippen LogP contribution in [-0.4, -0.2) is 37.6 Å². The van der Waals surface area contributed by atoms with Crippen LogP contribution in [0.25, 0.3) is 10.9 Å². The van der Waals surface area contributed by atoms with Crippen molar-refractivity contribution >= 4 is 10.9 Å². The SMILES string of the molecule is CCc1cc2cc(C(C3CCCCC3)N3CCC4(O)c5cncn5C4C3)ccc2[nH]c1=O. The van der Waals surface area contributed by atoms with Gasteiger partial charge in [0.15, 0.2) is 0 Å². The van der Waals surface area contributed by atoms with Gasteiger partial charge in [0.2, 0.25) is 0 Å². The molecule has 1 aliphatic carbocycles. The van der Waals surface area contributed by atoms with Gasteiger partial charge in [0.1, 0.15) is 5.60 Å². The normalized spacial score (nSPS) is 27.0. The third kappa shape index (κ3) is 3.00. The molecule has 32 heavy (non-hydrogen) atoms. The van der Waals surface area contributed by atoms with Crippen molar-refractivity contribution in [2.45, 2.75) is 69.6 Å². The van der Waals surface area contributed by atoms with E-state index in [4.69, 9.17) is 0 Å². The Morgan fingerprint density at radius 1 is 1.25 bits per heavy atom. The molecular weight excluding hydrogens is 400 g/mol. The highest BCUT2D eigenvalue weighted by molar-refractivity contribution is 5.79. The van der Waals surface area contributed by atoms with Crippen LogP contribution in [0.1, 0.15) is 74.4 Å². The zero-order chi connectivity index (χ0) is 21.9. The number of H-pyrrole nitrogens is 1. The monoisotopic (exact) mass is 432 g/mol. The lowest BCUT2D eigenvalue weighted by molar-refractivity contribution is -0.128. The first-order valence-corrected chi connectivity index (χ1v) is 12.2. The lowest BCUT2D eigenvalue weighted by atomic mass is 9.74. The summed E-state index contributed by atoms with van der Waals surface area (Å²) >= 11 is 0. The molecule has 0 bridgehead atoms. The molecule has 3 unspecified atom stereocenters. The van der Waals surface area contributed by atoms with Gasteiger partial charge in [-0.05, 0) is 60.7 Å². The molecule has 4 heterocycles. The number of piperidine rings is 1. The first-order valence-electron chi connectivity index (χ1n) is 12.2. The Bertz CT molecular complexity index is 1210. The zero-order valence-corrected chi connectivity index (χ0v) is 18.8. The van der Waals surface area contributed by atoms with Gasteiger partial charge in [0, 0.05) is 30.2 Å². The van der Waals surface area contributed by atoms with Gasteiger partial charge in [0.05, 0.1) is 24.3 Å². The molecule has 3 aromatic rings. The van der Waals surface area contributed by atoms with Gasteiger partial charge < -0.3 is 14.7 Å². The maximum atomic E-state index is 12.3. The van der Waals surface area contributed by atoms with E-state index in [1.165, 1.54) is 37.7 Å². The number of imidazole rings is 1. The van der Waals surface area contributed by atoms with E-state index < -0.39 is 5.60 Å². The average Bonchev–Trinajstić information content (AvgIpc) is 3.27. The molecule has 6 nitrogen and oxygen atoms in total. The fourth-order valence-corrected chi connectivity index (χ4v) is 6.58. The van der Waals surface area contributed by atoms with Crippen LogP contribution in [-0.2, 0) is 12.0 Å². The van der Waals surface area contributed by atoms with Crippen molar-refractivity contribution in [1.29, 1.82) is 0 Å². The third-order valence-electron chi connectivity index (χ3n) is 8.34. The van der Waals surface area contributed by atoms with Gasteiger partial charge in [-0.15, -0.1) is 0 Å². The maximum Gasteiger partial charge on any atom is 0.251 e. The number of hydrogen-bond acceptors (Lipinski definition) is 4. The Labute approximate surface area is 188 Å². The smallest absolute Gasteiger partial charge is 0.251 e. The molecule has 168 valence electrons. The molecule has 1 saturated heterocycles. The van der Waals surface area contributed by atoms with Crippen molar-refractivity contribution in [1.82, 2.24) is 19.4 Å². The molecule has 3 atom stereocenters. The molecule has 6 rings (SSSR count). The summed E-state index contributed by atoms with van der Waals surface area (Å²) < 4.78 is 2.16. The van der Waals surface area contributed by atoms with Crippen LogP contribution in [0.2, 0.25) is 0 Å². The highest BCUT2D eigenvalue weighted by Crippen LogP contribution is 2.51. The number of aryl methyl sites for hydroxylation is 1. The number of fused-ring (bicyclic) bond motifs is 5. The molecule has 0 spiro atoms. The summed E-state index contributed by atoms with van der Waals surface area (Å²) in [6, 6.07) is 9.09. The highest BCUT2D eigenvalue weighted by Gasteiger charge is 2.55. The van der Waals surface area contributed by atoms with E-state index in [9.17, 15) is 9.90 Å². The number of pyridine rings is 1. The standard InChI is InChI=1S/C26H32N4O2/c1-2-17-12-20-13-19(8-9-21(20)28-25(17)31)24(18-6-4-3-5-7-18)29-11-10-26(32)22-14-27-16-30(22)23(26)15-29/h8-9,12-14,16,18,23-24,32H,2-7,10-11,15H2,1H3,(H,28,31). The number of likely N-dealkylation sites (tertiary alicyclic amines) is 1. The summed E-state index contributed by atoms with van der Waals surface area (Å²) in [5, 5.41) is 12.4. The van der Waals surface area contributed by atoms with Crippen molar-refractivity contribution in [3.8, 4) is 0 Å². The summed E-state index contributed by atoms with van der Waals surface area (Å²) in [6.45, 7) is 3.77. The van der Waals surface area contributed by atoms with Crippen LogP contribution >= 0.6 is 0 Å². The van der Waals surface area contributed by atoms with Gasteiger partial charge in [-0.2, -0.15) is 0 Å². The van der Waals surface area contributed by atoms with Gasteiger partial charge >= 0.3 is 0 Å². The van der Waals surface area contributed by atoms with Crippen molar-refractivity contribution < 1.29 is 5.11 Å². The third-order valence-corrected chi connectivity index (χ3v) is 8.34. The van der Waals surface area contributed by atoms with Gasteiger partial charge in [0.25, 0.3) is 5.56 Å². The molecule has 2 N–H and O–H groups in total. The molecule has 2 aliphatic heterocycles. The minimum Gasteiger partial charge on any atom is -0.381 e. The van der Waals surface area contributed by atoms with E-state index >= 15 is 0 Å². The van der Waals surface area contributed by atoms with Crippen molar-refractivity contribution in [3.63, 3.8) is 0 Å². The zero-order valence-electron chi connectivity index (χ0n) is 18.8. The summed E-state index contributed by atoms with van der Waals surface area (Å²) in [5.74, 6) is 0.628. The Morgan fingerprint density at radius 2 is 2.09 bits per heavy atom. The lowest BCUT2D eigenvalue weighted by Gasteiger charge is -2.55. The first-order chi connectivity index (χ1) is 15.6. The molecule has 1 saturated carbocycles. The van der Waals surface area contributed by atoms with E-state index in [0.29, 0.717) is 12.0 Å². The van der Waals surface area contributed by atoms with E-state index in [2.05, 4.69) is 43.7 Å². The molecule has 2 aromatic heterocycles. The second kappa shape index (κ2) is 7.56. The van der Waals surface area contributed by atoms with Gasteiger partial charge in [-0.3, -0.25) is 9.69 Å². The van der Waals surface area contributed by atoms with Crippen LogP contribution in [0.5, 0.6) is 0 Å². The second-order valence-electron chi connectivity index (χ2n) is 10.0. The maximum absolute atomic E-state index is 12.3. The van der Waals surface area contributed by atoms with Crippen LogP contribution in [0.15, 0.2) is 41.6 Å². The van der Waals surface area contributed by atoms with Crippen LogP contribution < -0.4 is 5.56 Å². The molecule has 6 heteroatoms. The van der Waals surface area contributed by atoms with Crippen molar-refractivity contribution in [2.75, 3.05) is 13.1 Å². The lowest BCUT2D eigenvalue weighted by Crippen LogP contribution is -2.59. The average molecular weight is 433 g/mol. The van der Waals surface area contributed by atoms with E-state index in [1.807, 2.05) is 19.4 Å². The highest BCUT2D eigenvalue weighted by atomic mass is 16.3. The fraction of sp³-hybridized carbons (Fsp3) is 0.538. The van der Waals surface area contributed by atoms with Crippen molar-refractivity contribution in [3.05, 3.63) is 64.0 Å². The number of aromatic nitrogens is 3. The number of hydrogen-bond donors (Lipinski definition) is 2. The molecule has 3 aliphatic rings. The molecule has 0 amide bonds. The number of benzene rings is 1. The van der Waals surface area contributed by atoms with E-state index in [1.54, 1.807) is 0 Å². The molecular formula is C26H32N4O2. The predicted octanol–water partition coefficient (Wildman–Crippen LogP) is 4.06. The minimum atomic E-state index is -0.719. The second-order valence-corrected chi connectivity index (χ2v) is 10.0. The number of nitrogens with zero attached hydrogens (tertiary/aromatic N) is 3. The summed E-state index contributed by atoms with van der Waals surface area (Å²) in [6.07, 6.45) is 11.6. The fourth-order valence-electron chi connectivity index (χ4n) is 6.58. The number of nitrogens with one attached hydrogen (secondary N) is 1. The Hall–Kier alpha value is -2.44. The first kappa shape index (κ1) is 20.2. The Kier molecular flexibility index (Phi) is 4.77. The van der Waals surface area contributed by atoms with E-state index in [-0.39, 0.29) is 11.6 Å². The minimum absolute atomic E-state index is 0.0213. The van der Waals surface area contributed by atoms with Crippen LogP contribution in [0, 0.1) is 5.92 Å². The molecule has 1 aromatic carbocycles. The van der Waals surface area contributed by atoms with E-state index in [0.717, 1.165) is 48.1 Å². The Balaban J connectivity index is 1.38. The summed E-state index contributed by atoms with van der Waals surface area (Å²) in [7, 11) is 0. The summed E-state index contributed by atoms with van der Waals surface area (Å²) in [4.78, 5) is 22.2. The molecule has 2 fully saturated rings. The topological polar surface area (TPSA) is 74.2 Å². The van der Waals surface area contributed by atoms with Crippen molar-refractivity contribution in [2.24, 2.45) is 5.92 Å². The number of rotatable bonds is 4. The summed E-state index contributed by atoms with van der Waals surface area (Å²) in [5.41, 5.74) is 3.37. The number of aliphatic hydroxyl groups is 1. The Morgan fingerprint density at radius 3 is 2.91 bits per heavy atom. The molecule has 0 radical (unpaired) electrons. The van der Waals surface area contributed by atoms with Gasteiger partial charge in [-0.1, -0.05) is 32.3 Å². The number of aromatic amines is 1. The van der Waals surface area contributed by atoms with Crippen LogP contribution in [0.3, 0.4) is 0 Å². The van der Waals surface area contributed by atoms with Gasteiger partial charge in [-0.25, -0.2) is 4.98 Å². The largest absolute Gasteiger partial charge is 0.381 e. The van der Waals surface area contributed by atoms with Crippen LogP contribution in [0.4, 0.5) is 0 Å². The predicted molar refractivity (Wildman–Crippen MR) is 125 cm³/mol. The quantitative estimate of drug-likeness (QED) is 0.652.